The first-order valence-corrected chi connectivity index (χ1v) is 5.66. The first kappa shape index (κ1) is 11.6. The SMILES string of the molecule is FCCn1cc(-c2noc(Cc3ccon3)n2)cn1. The summed E-state index contributed by atoms with van der Waals surface area (Å²) >= 11 is 0. The van der Waals surface area contributed by atoms with Crippen LogP contribution in [0.5, 0.6) is 0 Å². The molecule has 0 unspecified atom stereocenters. The van der Waals surface area contributed by atoms with E-state index in [0.717, 1.165) is 0 Å². The summed E-state index contributed by atoms with van der Waals surface area (Å²) in [4.78, 5) is 4.22. The molecule has 0 aliphatic heterocycles. The molecule has 0 bridgehead atoms. The van der Waals surface area contributed by atoms with Gasteiger partial charge in [-0.3, -0.25) is 4.68 Å². The van der Waals surface area contributed by atoms with E-state index in [1.165, 1.54) is 10.9 Å². The molecule has 3 aromatic rings. The van der Waals surface area contributed by atoms with Crippen molar-refractivity contribution in [2.45, 2.75) is 13.0 Å². The third-order valence-electron chi connectivity index (χ3n) is 2.50. The number of aryl methyl sites for hydroxylation is 1. The van der Waals surface area contributed by atoms with Gasteiger partial charge in [-0.25, -0.2) is 4.39 Å². The van der Waals surface area contributed by atoms with Crippen LogP contribution in [0.15, 0.2) is 33.8 Å². The van der Waals surface area contributed by atoms with Gasteiger partial charge in [-0.2, -0.15) is 10.1 Å². The van der Waals surface area contributed by atoms with Crippen molar-refractivity contribution in [3.63, 3.8) is 0 Å². The standard InChI is InChI=1S/C11H10FN5O2/c12-2-3-17-7-8(6-13-17)11-14-10(19-16-11)5-9-1-4-18-15-9/h1,4,6-7H,2-3,5H2. The van der Waals surface area contributed by atoms with E-state index in [9.17, 15) is 4.39 Å². The Labute approximate surface area is 107 Å². The van der Waals surface area contributed by atoms with Gasteiger partial charge in [-0.05, 0) is 0 Å². The monoisotopic (exact) mass is 263 g/mol. The van der Waals surface area contributed by atoms with Crippen LogP contribution in [0.2, 0.25) is 0 Å². The lowest BCUT2D eigenvalue weighted by Crippen LogP contribution is -1.98. The fourth-order valence-electron chi connectivity index (χ4n) is 1.62. The molecule has 3 aromatic heterocycles. The maximum atomic E-state index is 12.2. The summed E-state index contributed by atoms with van der Waals surface area (Å²) in [5, 5.41) is 11.6. The van der Waals surface area contributed by atoms with Crippen molar-refractivity contribution in [3.8, 4) is 11.4 Å². The third kappa shape index (κ3) is 2.51. The van der Waals surface area contributed by atoms with Gasteiger partial charge in [0.1, 0.15) is 12.9 Å². The lowest BCUT2D eigenvalue weighted by atomic mass is 10.3. The molecule has 0 fully saturated rings. The fourth-order valence-corrected chi connectivity index (χ4v) is 1.62. The van der Waals surface area contributed by atoms with Crippen molar-refractivity contribution in [2.24, 2.45) is 0 Å². The largest absolute Gasteiger partial charge is 0.364 e. The number of nitrogens with zero attached hydrogens (tertiary/aromatic N) is 5. The Kier molecular flexibility index (Phi) is 3.05. The lowest BCUT2D eigenvalue weighted by Gasteiger charge is -1.92. The van der Waals surface area contributed by atoms with E-state index >= 15 is 0 Å². The van der Waals surface area contributed by atoms with E-state index < -0.39 is 6.67 Å². The Hall–Kier alpha value is -2.51. The minimum atomic E-state index is -0.467. The van der Waals surface area contributed by atoms with Crippen LogP contribution in [-0.4, -0.2) is 31.8 Å². The summed E-state index contributed by atoms with van der Waals surface area (Å²) < 4.78 is 23.5. The highest BCUT2D eigenvalue weighted by atomic mass is 19.1. The van der Waals surface area contributed by atoms with Crippen LogP contribution in [0.1, 0.15) is 11.6 Å². The fraction of sp³-hybridized carbons (Fsp3) is 0.273. The normalized spacial score (nSPS) is 11.0. The molecule has 0 atom stereocenters. The molecule has 3 rings (SSSR count). The molecule has 0 aliphatic rings. The van der Waals surface area contributed by atoms with Crippen LogP contribution < -0.4 is 0 Å². The summed E-state index contributed by atoms with van der Waals surface area (Å²) in [6, 6.07) is 1.73. The van der Waals surface area contributed by atoms with E-state index in [-0.39, 0.29) is 6.54 Å². The molecule has 0 aliphatic carbocycles. The molecule has 0 radical (unpaired) electrons. The van der Waals surface area contributed by atoms with Gasteiger partial charge in [-0.15, -0.1) is 0 Å². The van der Waals surface area contributed by atoms with E-state index in [4.69, 9.17) is 9.05 Å². The predicted octanol–water partition coefficient (Wildman–Crippen LogP) is 1.48. The van der Waals surface area contributed by atoms with Crippen molar-refractivity contribution < 1.29 is 13.4 Å². The first-order valence-electron chi connectivity index (χ1n) is 5.66. The van der Waals surface area contributed by atoms with Crippen LogP contribution in [-0.2, 0) is 13.0 Å². The minimum Gasteiger partial charge on any atom is -0.364 e. The molecule has 0 saturated carbocycles. The maximum Gasteiger partial charge on any atom is 0.233 e. The first-order chi connectivity index (χ1) is 9.35. The Morgan fingerprint density at radius 1 is 1.32 bits per heavy atom. The second kappa shape index (κ2) is 5.01. The van der Waals surface area contributed by atoms with Gasteiger partial charge in [-0.1, -0.05) is 10.3 Å². The lowest BCUT2D eigenvalue weighted by molar-refractivity contribution is 0.377. The van der Waals surface area contributed by atoms with E-state index in [1.54, 1.807) is 18.5 Å². The smallest absolute Gasteiger partial charge is 0.233 e. The third-order valence-corrected chi connectivity index (χ3v) is 2.50. The Morgan fingerprint density at radius 3 is 3.05 bits per heavy atom. The van der Waals surface area contributed by atoms with Gasteiger partial charge in [0.05, 0.1) is 30.4 Å². The molecule has 0 spiro atoms. The quantitative estimate of drug-likeness (QED) is 0.693. The molecule has 0 N–H and O–H groups in total. The molecule has 8 heteroatoms. The number of alkyl halides is 1. The zero-order chi connectivity index (χ0) is 13.1. The Bertz CT molecular complexity index is 646. The number of aromatic nitrogens is 5. The molecule has 3 heterocycles. The van der Waals surface area contributed by atoms with Crippen molar-refractivity contribution >= 4 is 0 Å². The molecule has 98 valence electrons. The number of halogens is 1. The van der Waals surface area contributed by atoms with Gasteiger partial charge in [0.15, 0.2) is 0 Å². The van der Waals surface area contributed by atoms with Crippen molar-refractivity contribution in [3.05, 3.63) is 36.3 Å². The molecule has 0 saturated heterocycles. The van der Waals surface area contributed by atoms with Gasteiger partial charge in [0.2, 0.25) is 11.7 Å². The summed E-state index contributed by atoms with van der Waals surface area (Å²) in [5.74, 6) is 0.853. The van der Waals surface area contributed by atoms with Crippen molar-refractivity contribution in [1.82, 2.24) is 25.1 Å². The molecular weight excluding hydrogens is 253 g/mol. The van der Waals surface area contributed by atoms with Gasteiger partial charge < -0.3 is 9.05 Å². The van der Waals surface area contributed by atoms with Gasteiger partial charge in [0.25, 0.3) is 0 Å². The zero-order valence-corrected chi connectivity index (χ0v) is 9.86. The molecule has 7 nitrogen and oxygen atoms in total. The predicted molar refractivity (Wildman–Crippen MR) is 60.8 cm³/mol. The van der Waals surface area contributed by atoms with E-state index in [0.29, 0.717) is 29.4 Å². The Morgan fingerprint density at radius 2 is 2.26 bits per heavy atom. The number of hydrogen-bond acceptors (Lipinski definition) is 6. The summed E-state index contributed by atoms with van der Waals surface area (Å²) in [7, 11) is 0. The Balaban J connectivity index is 1.76. The highest BCUT2D eigenvalue weighted by Crippen LogP contribution is 2.15. The number of rotatable bonds is 5. The van der Waals surface area contributed by atoms with Crippen LogP contribution >= 0.6 is 0 Å². The summed E-state index contributed by atoms with van der Waals surface area (Å²) in [6.07, 6.45) is 5.13. The highest BCUT2D eigenvalue weighted by Gasteiger charge is 2.12. The van der Waals surface area contributed by atoms with Crippen LogP contribution in [0.25, 0.3) is 11.4 Å². The second-order valence-corrected chi connectivity index (χ2v) is 3.86. The minimum absolute atomic E-state index is 0.212. The van der Waals surface area contributed by atoms with Crippen LogP contribution in [0.3, 0.4) is 0 Å². The average molecular weight is 263 g/mol. The second-order valence-electron chi connectivity index (χ2n) is 3.86. The van der Waals surface area contributed by atoms with Gasteiger partial charge in [0, 0.05) is 12.3 Å². The molecule has 19 heavy (non-hydrogen) atoms. The molecular formula is C11H10FN5O2. The van der Waals surface area contributed by atoms with E-state index in [1.807, 2.05) is 0 Å². The van der Waals surface area contributed by atoms with Gasteiger partial charge >= 0.3 is 0 Å². The highest BCUT2D eigenvalue weighted by molar-refractivity contribution is 5.51. The van der Waals surface area contributed by atoms with Crippen molar-refractivity contribution in [1.29, 1.82) is 0 Å². The maximum absolute atomic E-state index is 12.2. The summed E-state index contributed by atoms with van der Waals surface area (Å²) in [6.45, 7) is -0.256. The van der Waals surface area contributed by atoms with Crippen LogP contribution in [0.4, 0.5) is 4.39 Å². The average Bonchev–Trinajstić information content (AvgIpc) is 3.10. The summed E-state index contributed by atoms with van der Waals surface area (Å²) in [5.41, 5.74) is 1.40. The zero-order valence-electron chi connectivity index (χ0n) is 9.86. The van der Waals surface area contributed by atoms with E-state index in [2.05, 4.69) is 20.4 Å². The van der Waals surface area contributed by atoms with Crippen molar-refractivity contribution in [2.75, 3.05) is 6.67 Å². The number of hydrogen-bond donors (Lipinski definition) is 0. The van der Waals surface area contributed by atoms with Crippen LogP contribution in [0, 0.1) is 0 Å². The topological polar surface area (TPSA) is 82.8 Å². The molecule has 0 amide bonds. The molecule has 0 aromatic carbocycles.